The van der Waals surface area contributed by atoms with E-state index >= 15 is 0 Å². The van der Waals surface area contributed by atoms with E-state index in [1.54, 1.807) is 11.3 Å². The predicted molar refractivity (Wildman–Crippen MR) is 228 cm³/mol. The van der Waals surface area contributed by atoms with Gasteiger partial charge in [0.1, 0.15) is 5.01 Å². The van der Waals surface area contributed by atoms with Gasteiger partial charge in [-0.25, -0.2) is 9.98 Å². The predicted octanol–water partition coefficient (Wildman–Crippen LogP) is 13.0. The summed E-state index contributed by atoms with van der Waals surface area (Å²) in [6.07, 6.45) is -0.400. The lowest BCUT2D eigenvalue weighted by molar-refractivity contribution is 0.626. The monoisotopic (exact) mass is 708 g/mol. The summed E-state index contributed by atoms with van der Waals surface area (Å²) >= 11 is 1.75. The summed E-state index contributed by atoms with van der Waals surface area (Å²) in [5.41, 5.74) is 13.4. The second-order valence-electron chi connectivity index (χ2n) is 13.8. The second-order valence-corrected chi connectivity index (χ2v) is 14.8. The van der Waals surface area contributed by atoms with Gasteiger partial charge in [-0.05, 0) is 63.4 Å². The van der Waals surface area contributed by atoms with Crippen LogP contribution in [0.1, 0.15) is 17.4 Å². The summed E-state index contributed by atoms with van der Waals surface area (Å²) in [4.78, 5) is 10.7. The average Bonchev–Trinajstić information content (AvgIpc) is 3.83. The van der Waals surface area contributed by atoms with E-state index in [1.165, 1.54) is 43.8 Å². The van der Waals surface area contributed by atoms with Gasteiger partial charge in [-0.15, -0.1) is 11.3 Å². The SMILES string of the molecule is c1ccc(-c2ccc3c(c2)c2ccc4nc(-c5ccccc5)sc4c2n3C2N=C(c3ccc(-c4cccc5ccccc45)cc3)c3ccccc3N2)cc1. The van der Waals surface area contributed by atoms with Crippen molar-refractivity contribution >= 4 is 65.5 Å². The van der Waals surface area contributed by atoms with Crippen molar-refractivity contribution in [3.63, 3.8) is 0 Å². The summed E-state index contributed by atoms with van der Waals surface area (Å²) < 4.78 is 3.55. The topological polar surface area (TPSA) is 42.2 Å². The molecule has 0 spiro atoms. The van der Waals surface area contributed by atoms with Crippen LogP contribution in [-0.4, -0.2) is 15.3 Å². The van der Waals surface area contributed by atoms with Crippen molar-refractivity contribution in [1.29, 1.82) is 0 Å². The Morgan fingerprint density at radius 1 is 0.500 bits per heavy atom. The fourth-order valence-corrected chi connectivity index (χ4v) is 9.22. The number of para-hydroxylation sites is 1. The van der Waals surface area contributed by atoms with Gasteiger partial charge in [-0.2, -0.15) is 0 Å². The van der Waals surface area contributed by atoms with Gasteiger partial charge < -0.3 is 5.32 Å². The van der Waals surface area contributed by atoms with Crippen LogP contribution in [0.3, 0.4) is 0 Å². The van der Waals surface area contributed by atoms with Crippen molar-refractivity contribution in [3.05, 3.63) is 193 Å². The van der Waals surface area contributed by atoms with Crippen LogP contribution in [0.4, 0.5) is 5.69 Å². The Morgan fingerprint density at radius 3 is 2.04 bits per heavy atom. The number of fused-ring (bicyclic) bond motifs is 7. The van der Waals surface area contributed by atoms with Crippen molar-refractivity contribution in [3.8, 4) is 32.8 Å². The molecule has 1 aliphatic rings. The number of rotatable bonds is 5. The molecule has 1 atom stereocenters. The third-order valence-corrected chi connectivity index (χ3v) is 11.8. The summed E-state index contributed by atoms with van der Waals surface area (Å²) in [5, 5.41) is 9.74. The molecule has 8 aromatic carbocycles. The lowest BCUT2D eigenvalue weighted by Crippen LogP contribution is -2.24. The molecule has 2 aromatic heterocycles. The molecule has 1 unspecified atom stereocenters. The maximum absolute atomic E-state index is 5.59. The molecule has 10 aromatic rings. The van der Waals surface area contributed by atoms with Crippen LogP contribution in [0.25, 0.3) is 75.6 Å². The first-order valence-corrected chi connectivity index (χ1v) is 19.1. The first-order valence-electron chi connectivity index (χ1n) is 18.3. The van der Waals surface area contributed by atoms with Crippen molar-refractivity contribution in [2.24, 2.45) is 4.99 Å². The van der Waals surface area contributed by atoms with Crippen LogP contribution in [-0.2, 0) is 0 Å². The lowest BCUT2D eigenvalue weighted by Gasteiger charge is -2.28. The quantitative estimate of drug-likeness (QED) is 0.193. The highest BCUT2D eigenvalue weighted by Crippen LogP contribution is 2.43. The number of aliphatic imine (C=N–C) groups is 1. The number of thiazole rings is 1. The second kappa shape index (κ2) is 12.4. The standard InChI is InChI=1S/C49H32N4S/c1-3-12-31(13-4-1)36-26-29-44-41(30-36)39-27-28-43-47(54-48(50-43)35-15-5-2-6-16-35)46(39)53(44)49-51-42-21-10-9-19-40(42)45(52-49)34-24-22-33(23-25-34)38-20-11-17-32-14-7-8-18-37(32)38/h1-30,49,51H. The van der Waals surface area contributed by atoms with Crippen molar-refractivity contribution in [2.45, 2.75) is 6.29 Å². The third kappa shape index (κ3) is 4.97. The van der Waals surface area contributed by atoms with Gasteiger partial charge in [0, 0.05) is 33.2 Å². The van der Waals surface area contributed by atoms with Crippen LogP contribution in [0.2, 0.25) is 0 Å². The number of nitrogens with zero attached hydrogens (tertiary/aromatic N) is 3. The van der Waals surface area contributed by atoms with E-state index < -0.39 is 6.29 Å². The molecule has 1 N–H and O–H groups in total. The highest BCUT2D eigenvalue weighted by molar-refractivity contribution is 7.22. The molecule has 0 amide bonds. The Bertz CT molecular complexity index is 3020. The number of nitrogens with one attached hydrogen (secondary N) is 1. The minimum Gasteiger partial charge on any atom is -0.346 e. The van der Waals surface area contributed by atoms with Gasteiger partial charge in [0.2, 0.25) is 6.29 Å². The molecule has 0 aliphatic carbocycles. The Morgan fingerprint density at radius 2 is 1.19 bits per heavy atom. The minimum atomic E-state index is -0.400. The van der Waals surface area contributed by atoms with Gasteiger partial charge >= 0.3 is 0 Å². The van der Waals surface area contributed by atoms with Crippen LogP contribution < -0.4 is 5.32 Å². The zero-order chi connectivity index (χ0) is 35.6. The van der Waals surface area contributed by atoms with E-state index in [4.69, 9.17) is 9.98 Å². The van der Waals surface area contributed by atoms with Gasteiger partial charge in [0.25, 0.3) is 0 Å². The normalized spacial score (nSPS) is 14.0. The van der Waals surface area contributed by atoms with E-state index in [2.05, 4.69) is 192 Å². The Labute approximate surface area is 316 Å². The van der Waals surface area contributed by atoms with Crippen LogP contribution in [0, 0.1) is 0 Å². The highest BCUT2D eigenvalue weighted by Gasteiger charge is 2.27. The van der Waals surface area contributed by atoms with Gasteiger partial charge in [-0.3, -0.25) is 4.57 Å². The Kier molecular flexibility index (Phi) is 7.07. The van der Waals surface area contributed by atoms with E-state index in [9.17, 15) is 0 Å². The highest BCUT2D eigenvalue weighted by atomic mass is 32.1. The average molecular weight is 709 g/mol. The zero-order valence-corrected chi connectivity index (χ0v) is 30.0. The fourth-order valence-electron chi connectivity index (χ4n) is 8.10. The first kappa shape index (κ1) is 30.8. The number of anilines is 1. The molecule has 0 bridgehead atoms. The molecule has 0 radical (unpaired) electrons. The van der Waals surface area contributed by atoms with Gasteiger partial charge in [-0.1, -0.05) is 152 Å². The summed E-state index contributed by atoms with van der Waals surface area (Å²) in [5.74, 6) is 0. The smallest absolute Gasteiger partial charge is 0.201 e. The molecule has 0 saturated carbocycles. The third-order valence-electron chi connectivity index (χ3n) is 10.7. The molecule has 5 heteroatoms. The van der Waals surface area contributed by atoms with E-state index in [1.807, 2.05) is 0 Å². The number of benzene rings is 8. The fraction of sp³-hybridized carbons (Fsp3) is 0.0204. The number of hydrogen-bond acceptors (Lipinski definition) is 4. The van der Waals surface area contributed by atoms with Crippen LogP contribution >= 0.6 is 11.3 Å². The molecule has 54 heavy (non-hydrogen) atoms. The molecule has 0 fully saturated rings. The maximum atomic E-state index is 5.59. The lowest BCUT2D eigenvalue weighted by atomic mass is 9.94. The molecule has 1 aliphatic heterocycles. The summed E-state index contributed by atoms with van der Waals surface area (Å²) in [6.45, 7) is 0. The van der Waals surface area contributed by atoms with E-state index in [0.717, 1.165) is 54.3 Å². The van der Waals surface area contributed by atoms with Gasteiger partial charge in [0.15, 0.2) is 0 Å². The molecular formula is C49H32N4S. The van der Waals surface area contributed by atoms with E-state index in [-0.39, 0.29) is 0 Å². The minimum absolute atomic E-state index is 0.400. The van der Waals surface area contributed by atoms with E-state index in [0.29, 0.717) is 0 Å². The molecule has 11 rings (SSSR count). The maximum Gasteiger partial charge on any atom is 0.201 e. The summed E-state index contributed by atoms with van der Waals surface area (Å²) in [6, 6.07) is 64.9. The molecule has 0 saturated heterocycles. The van der Waals surface area contributed by atoms with Crippen LogP contribution in [0.5, 0.6) is 0 Å². The molecule has 4 nitrogen and oxygen atoms in total. The Balaban J connectivity index is 1.12. The van der Waals surface area contributed by atoms with Gasteiger partial charge in [0.05, 0.1) is 27.0 Å². The Hall–Kier alpha value is -6.82. The zero-order valence-electron chi connectivity index (χ0n) is 29.1. The largest absolute Gasteiger partial charge is 0.346 e. The molecular weight excluding hydrogens is 677 g/mol. The summed E-state index contributed by atoms with van der Waals surface area (Å²) in [7, 11) is 0. The van der Waals surface area contributed by atoms with Crippen molar-refractivity contribution in [2.75, 3.05) is 5.32 Å². The molecule has 254 valence electrons. The van der Waals surface area contributed by atoms with Crippen molar-refractivity contribution < 1.29 is 0 Å². The number of hydrogen-bond donors (Lipinski definition) is 1. The number of aromatic nitrogens is 2. The van der Waals surface area contributed by atoms with Crippen molar-refractivity contribution in [1.82, 2.24) is 9.55 Å². The van der Waals surface area contributed by atoms with Crippen LogP contribution in [0.15, 0.2) is 187 Å². The molecule has 3 heterocycles. The first-order chi connectivity index (χ1) is 26.8.